The average Bonchev–Trinajstić information content (AvgIpc) is 1.77. The molecular weight excluding hydrogens is 207 g/mol. The molecule has 1 atom stereocenters. The van der Waals surface area contributed by atoms with Crippen LogP contribution in [0.3, 0.4) is 0 Å². The molecular formula is C6H9NaO5S. The van der Waals surface area contributed by atoms with Crippen LogP contribution in [0, 0.1) is 10.4 Å². The van der Waals surface area contributed by atoms with E-state index in [9.17, 15) is 0 Å². The van der Waals surface area contributed by atoms with E-state index in [1.807, 2.05) is 0 Å². The standard InChI is InChI=1S/C6H4.Na.H2O3S.2H2O/c1-2-6-4-3-5(1)6;;1-4(2)3;;/h1-4H;;(H2,1,2,3);2*1H2/q;+1;;;/p-1. The molecule has 2 aliphatic carbocycles. The van der Waals surface area contributed by atoms with E-state index in [2.05, 4.69) is 24.3 Å². The number of benzene rings is 1. The van der Waals surface area contributed by atoms with Crippen molar-refractivity contribution in [2.24, 2.45) is 0 Å². The average molecular weight is 216 g/mol. The fourth-order valence-corrected chi connectivity index (χ4v) is 0.663. The van der Waals surface area contributed by atoms with Gasteiger partial charge in [0.1, 0.15) is 0 Å². The summed E-state index contributed by atoms with van der Waals surface area (Å²) >= 11 is -2.86. The molecule has 7 heteroatoms. The van der Waals surface area contributed by atoms with E-state index in [4.69, 9.17) is 13.3 Å². The third-order valence-corrected chi connectivity index (χ3v) is 1.22. The molecule has 0 radical (unpaired) electrons. The molecule has 0 aromatic carbocycles. The van der Waals surface area contributed by atoms with Gasteiger partial charge >= 0.3 is 29.6 Å². The first-order chi connectivity index (χ1) is 4.70. The topological polar surface area (TPSA) is 123 Å². The molecule has 0 spiro atoms. The molecule has 2 aliphatic rings. The Morgan fingerprint density at radius 1 is 1.08 bits per heavy atom. The van der Waals surface area contributed by atoms with Gasteiger partial charge in [0, 0.05) is 0 Å². The van der Waals surface area contributed by atoms with Crippen LogP contribution in [-0.2, 0) is 11.4 Å². The van der Waals surface area contributed by atoms with Crippen molar-refractivity contribution in [1.82, 2.24) is 0 Å². The molecule has 2 rings (SSSR count). The summed E-state index contributed by atoms with van der Waals surface area (Å²) in [5.74, 6) is 0. The van der Waals surface area contributed by atoms with E-state index >= 15 is 0 Å². The van der Waals surface area contributed by atoms with Crippen molar-refractivity contribution in [2.75, 3.05) is 0 Å². The van der Waals surface area contributed by atoms with E-state index in [0.29, 0.717) is 0 Å². The normalized spacial score (nSPS) is 10.0. The summed E-state index contributed by atoms with van der Waals surface area (Å²) in [6, 6.07) is 8.48. The molecule has 5 N–H and O–H groups in total. The van der Waals surface area contributed by atoms with E-state index in [1.54, 1.807) is 0 Å². The second-order valence-corrected chi connectivity index (χ2v) is 2.23. The van der Waals surface area contributed by atoms with Crippen LogP contribution in [0.4, 0.5) is 0 Å². The molecule has 0 aromatic rings. The minimum atomic E-state index is -2.86. The molecule has 13 heavy (non-hydrogen) atoms. The van der Waals surface area contributed by atoms with Gasteiger partial charge in [-0.3, -0.25) is 0 Å². The summed E-state index contributed by atoms with van der Waals surface area (Å²) in [6.07, 6.45) is 0. The summed E-state index contributed by atoms with van der Waals surface area (Å²) in [6.45, 7) is 0. The predicted octanol–water partition coefficient (Wildman–Crippen LogP) is -4.02. The van der Waals surface area contributed by atoms with Crippen molar-refractivity contribution >= 4 is 11.4 Å². The smallest absolute Gasteiger partial charge is 0.750 e. The van der Waals surface area contributed by atoms with Crippen LogP contribution in [0.15, 0.2) is 24.3 Å². The minimum Gasteiger partial charge on any atom is -0.750 e. The van der Waals surface area contributed by atoms with Gasteiger partial charge < -0.3 is 20.1 Å². The summed E-state index contributed by atoms with van der Waals surface area (Å²) in [5.41, 5.74) is 0. The Morgan fingerprint density at radius 3 is 1.23 bits per heavy atom. The number of hydrogen-bond donors (Lipinski definition) is 1. The molecule has 0 amide bonds. The molecule has 0 aliphatic heterocycles. The van der Waals surface area contributed by atoms with E-state index in [0.717, 1.165) is 0 Å². The zero-order valence-electron chi connectivity index (χ0n) is 6.98. The fourth-order valence-electron chi connectivity index (χ4n) is 0.663. The van der Waals surface area contributed by atoms with E-state index in [-0.39, 0.29) is 40.5 Å². The van der Waals surface area contributed by atoms with Gasteiger partial charge in [0.25, 0.3) is 0 Å². The van der Waals surface area contributed by atoms with Crippen LogP contribution in [-0.4, -0.2) is 24.3 Å². The zero-order chi connectivity index (χ0) is 7.56. The summed E-state index contributed by atoms with van der Waals surface area (Å²) < 4.78 is 24.1. The van der Waals surface area contributed by atoms with Crippen molar-refractivity contribution in [3.63, 3.8) is 0 Å². The molecule has 0 aromatic heterocycles. The van der Waals surface area contributed by atoms with Crippen molar-refractivity contribution in [2.45, 2.75) is 0 Å². The van der Waals surface area contributed by atoms with Crippen molar-refractivity contribution < 1.29 is 53.8 Å². The maximum absolute atomic E-state index is 8.56. The van der Waals surface area contributed by atoms with Crippen molar-refractivity contribution in [1.29, 1.82) is 0 Å². The van der Waals surface area contributed by atoms with E-state index in [1.165, 1.54) is 10.4 Å². The quantitative estimate of drug-likeness (QED) is 0.356. The zero-order valence-corrected chi connectivity index (χ0v) is 9.80. The van der Waals surface area contributed by atoms with Gasteiger partial charge in [0.05, 0.1) is 11.4 Å². The van der Waals surface area contributed by atoms with Crippen LogP contribution in [0.1, 0.15) is 0 Å². The molecule has 5 nitrogen and oxygen atoms in total. The monoisotopic (exact) mass is 216 g/mol. The Hall–Kier alpha value is 0.210. The first-order valence-corrected chi connectivity index (χ1v) is 3.62. The van der Waals surface area contributed by atoms with Gasteiger partial charge in [-0.05, 0) is 10.4 Å². The van der Waals surface area contributed by atoms with Gasteiger partial charge in [-0.25, -0.2) is 4.21 Å². The number of rotatable bonds is 0. The Balaban J connectivity index is -0.000000133. The van der Waals surface area contributed by atoms with Gasteiger partial charge in [-0.2, -0.15) is 0 Å². The molecule has 1 unspecified atom stereocenters. The SMILES string of the molecule is O.O.O=S([O-])O.[Na+].c1cc2ccc1=2. The van der Waals surface area contributed by atoms with Crippen LogP contribution >= 0.6 is 0 Å². The van der Waals surface area contributed by atoms with E-state index < -0.39 is 11.4 Å². The Bertz CT molecular complexity index is 287. The molecule has 70 valence electrons. The maximum Gasteiger partial charge on any atom is 1.00 e. The summed E-state index contributed by atoms with van der Waals surface area (Å²) in [4.78, 5) is 0. The van der Waals surface area contributed by atoms with Crippen LogP contribution < -0.4 is 29.6 Å². The largest absolute Gasteiger partial charge is 1.00 e. The second kappa shape index (κ2) is 8.79. The second-order valence-electron chi connectivity index (χ2n) is 1.79. The van der Waals surface area contributed by atoms with Gasteiger partial charge in [0.2, 0.25) is 0 Å². The number of hydrogen-bond acceptors (Lipinski definition) is 2. The molecule has 0 bridgehead atoms. The first kappa shape index (κ1) is 18.9. The summed E-state index contributed by atoms with van der Waals surface area (Å²) in [5, 5.41) is 2.85. The Kier molecular flexibility index (Phi) is 12.8. The van der Waals surface area contributed by atoms with Crippen LogP contribution in [0.5, 0.6) is 0 Å². The Morgan fingerprint density at radius 2 is 1.23 bits per heavy atom. The van der Waals surface area contributed by atoms with Crippen molar-refractivity contribution in [3.05, 3.63) is 34.7 Å². The minimum absolute atomic E-state index is 0. The predicted molar refractivity (Wildman–Crippen MR) is 42.9 cm³/mol. The van der Waals surface area contributed by atoms with Gasteiger partial charge in [-0.15, -0.1) is 0 Å². The molecule has 0 heterocycles. The third kappa shape index (κ3) is 6.30. The molecule has 0 saturated carbocycles. The van der Waals surface area contributed by atoms with Gasteiger partial charge in [0.15, 0.2) is 0 Å². The molecule has 0 fully saturated rings. The van der Waals surface area contributed by atoms with Crippen molar-refractivity contribution in [3.8, 4) is 0 Å². The molecule has 0 saturated heterocycles. The van der Waals surface area contributed by atoms with Crippen LogP contribution in [0.25, 0.3) is 0 Å². The third-order valence-electron chi connectivity index (χ3n) is 1.22. The maximum atomic E-state index is 8.56. The fraction of sp³-hybridized carbons (Fsp3) is 0. The first-order valence-electron chi connectivity index (χ1n) is 2.59. The summed E-state index contributed by atoms with van der Waals surface area (Å²) in [7, 11) is 0. The van der Waals surface area contributed by atoms with Gasteiger partial charge in [-0.1, -0.05) is 24.3 Å². The van der Waals surface area contributed by atoms with Crippen LogP contribution in [0.2, 0.25) is 0 Å². The Labute approximate surface area is 99.5 Å².